The van der Waals surface area contributed by atoms with E-state index in [0.29, 0.717) is 25.0 Å². The van der Waals surface area contributed by atoms with E-state index < -0.39 is 23.0 Å². The highest BCUT2D eigenvalue weighted by atomic mass is 16.5. The molecular formula is C29H45N3O4. The lowest BCUT2D eigenvalue weighted by molar-refractivity contribution is -0.143. The monoisotopic (exact) mass is 499 g/mol. The van der Waals surface area contributed by atoms with Gasteiger partial charge in [-0.2, -0.15) is 0 Å². The predicted octanol–water partition coefficient (Wildman–Crippen LogP) is 3.61. The van der Waals surface area contributed by atoms with Crippen LogP contribution in [0.4, 0.5) is 0 Å². The lowest BCUT2D eigenvalue weighted by Gasteiger charge is -2.41. The van der Waals surface area contributed by atoms with Crippen LogP contribution >= 0.6 is 0 Å². The van der Waals surface area contributed by atoms with Crippen LogP contribution in [0.15, 0.2) is 35.9 Å². The van der Waals surface area contributed by atoms with Crippen LogP contribution in [0.2, 0.25) is 0 Å². The number of hydrogen-bond donors (Lipinski definition) is 1. The molecule has 0 fully saturated rings. The van der Waals surface area contributed by atoms with Crippen molar-refractivity contribution in [1.82, 2.24) is 15.1 Å². The quantitative estimate of drug-likeness (QED) is 0.415. The van der Waals surface area contributed by atoms with E-state index in [9.17, 15) is 14.4 Å². The summed E-state index contributed by atoms with van der Waals surface area (Å²) in [6.07, 6.45) is 2.98. The fourth-order valence-corrected chi connectivity index (χ4v) is 4.86. The molecule has 0 unspecified atom stereocenters. The maximum absolute atomic E-state index is 13.9. The summed E-state index contributed by atoms with van der Waals surface area (Å²) < 4.78 is 5.12. The molecule has 7 heteroatoms. The number of carbonyl (C=O) groups is 3. The maximum Gasteiger partial charge on any atom is 0.333 e. The van der Waals surface area contributed by atoms with Crippen LogP contribution in [0.3, 0.4) is 0 Å². The summed E-state index contributed by atoms with van der Waals surface area (Å²) in [6.45, 7) is 13.6. The summed E-state index contributed by atoms with van der Waals surface area (Å²) in [5.41, 5.74) is 1.50. The van der Waals surface area contributed by atoms with E-state index in [1.807, 2.05) is 65.7 Å². The van der Waals surface area contributed by atoms with E-state index in [1.54, 1.807) is 31.9 Å². The first-order valence-electron chi connectivity index (χ1n) is 12.8. The molecule has 0 saturated heterocycles. The number of amides is 2. The average molecular weight is 500 g/mol. The molecule has 0 heterocycles. The van der Waals surface area contributed by atoms with Gasteiger partial charge in [-0.25, -0.2) is 4.79 Å². The normalized spacial score (nSPS) is 16.9. The molecular weight excluding hydrogens is 454 g/mol. The molecule has 0 aromatic heterocycles. The SMILES string of the molecule is CCOC(=O)/C(C)=C/[C@H](C(C)C)N(C)C(=O)[C@@H](NC(=O)C1(N(C)C)Cc2ccccc2C1)C(C)(C)C. The molecule has 2 atom stereocenters. The smallest absolute Gasteiger partial charge is 0.333 e. The zero-order valence-electron chi connectivity index (χ0n) is 23.8. The van der Waals surface area contributed by atoms with Crippen molar-refractivity contribution in [2.75, 3.05) is 27.7 Å². The topological polar surface area (TPSA) is 79.0 Å². The molecule has 1 N–H and O–H groups in total. The first kappa shape index (κ1) is 29.6. The van der Waals surface area contributed by atoms with Crippen molar-refractivity contribution in [2.45, 2.75) is 78.9 Å². The Morgan fingerprint density at radius 3 is 2.03 bits per heavy atom. The number of fused-ring (bicyclic) bond motifs is 1. The highest BCUT2D eigenvalue weighted by molar-refractivity contribution is 5.94. The van der Waals surface area contributed by atoms with E-state index >= 15 is 0 Å². The van der Waals surface area contributed by atoms with Gasteiger partial charge in [0.25, 0.3) is 0 Å². The van der Waals surface area contributed by atoms with Crippen LogP contribution in [-0.4, -0.2) is 73.0 Å². The van der Waals surface area contributed by atoms with E-state index in [1.165, 1.54) is 0 Å². The largest absolute Gasteiger partial charge is 0.463 e. The Kier molecular flexibility index (Phi) is 9.52. The van der Waals surface area contributed by atoms with Crippen LogP contribution in [0.5, 0.6) is 0 Å². The lowest BCUT2D eigenvalue weighted by Crippen LogP contribution is -2.63. The van der Waals surface area contributed by atoms with Gasteiger partial charge in [0.05, 0.1) is 12.6 Å². The van der Waals surface area contributed by atoms with Crippen molar-refractivity contribution in [3.05, 3.63) is 47.0 Å². The van der Waals surface area contributed by atoms with Gasteiger partial charge in [-0.1, -0.05) is 65.0 Å². The number of ether oxygens (including phenoxy) is 1. The number of benzene rings is 1. The third-order valence-corrected chi connectivity index (χ3v) is 7.25. The van der Waals surface area contributed by atoms with E-state index in [-0.39, 0.29) is 23.8 Å². The number of rotatable bonds is 9. The Labute approximate surface area is 217 Å². The summed E-state index contributed by atoms with van der Waals surface area (Å²) in [7, 11) is 5.58. The van der Waals surface area contributed by atoms with Gasteiger partial charge in [-0.05, 0) is 50.4 Å². The average Bonchev–Trinajstić information content (AvgIpc) is 3.20. The molecule has 0 saturated carbocycles. The minimum Gasteiger partial charge on any atom is -0.463 e. The fraction of sp³-hybridized carbons (Fsp3) is 0.621. The molecule has 200 valence electrons. The van der Waals surface area contributed by atoms with Gasteiger partial charge >= 0.3 is 5.97 Å². The fourth-order valence-electron chi connectivity index (χ4n) is 4.86. The molecule has 0 bridgehead atoms. The van der Waals surface area contributed by atoms with Crippen LogP contribution in [0, 0.1) is 11.3 Å². The molecule has 1 aliphatic rings. The van der Waals surface area contributed by atoms with Gasteiger partial charge in [-0.3, -0.25) is 14.5 Å². The second kappa shape index (κ2) is 11.6. The molecule has 2 rings (SSSR count). The molecule has 1 aliphatic carbocycles. The number of esters is 1. The van der Waals surface area contributed by atoms with E-state index in [0.717, 1.165) is 11.1 Å². The maximum atomic E-state index is 13.9. The van der Waals surface area contributed by atoms with Gasteiger partial charge in [0, 0.05) is 25.5 Å². The Hall–Kier alpha value is -2.67. The first-order chi connectivity index (χ1) is 16.7. The third-order valence-electron chi connectivity index (χ3n) is 7.25. The van der Waals surface area contributed by atoms with Crippen molar-refractivity contribution >= 4 is 17.8 Å². The summed E-state index contributed by atoms with van der Waals surface area (Å²) >= 11 is 0. The Balaban J connectivity index is 2.35. The number of nitrogens with one attached hydrogen (secondary N) is 1. The third kappa shape index (κ3) is 6.36. The number of likely N-dealkylation sites (N-methyl/N-ethyl adjacent to an activating group) is 2. The van der Waals surface area contributed by atoms with Gasteiger partial charge < -0.3 is 15.0 Å². The Morgan fingerprint density at radius 2 is 1.61 bits per heavy atom. The van der Waals surface area contributed by atoms with Crippen LogP contribution in [0.1, 0.15) is 59.6 Å². The van der Waals surface area contributed by atoms with Crippen LogP contribution < -0.4 is 5.32 Å². The molecule has 1 aromatic carbocycles. The summed E-state index contributed by atoms with van der Waals surface area (Å²) in [4.78, 5) is 43.7. The van der Waals surface area contributed by atoms with E-state index in [2.05, 4.69) is 17.4 Å². The number of carbonyl (C=O) groups excluding carboxylic acids is 3. The zero-order valence-corrected chi connectivity index (χ0v) is 23.8. The Bertz CT molecular complexity index is 965. The highest BCUT2D eigenvalue weighted by Gasteiger charge is 2.48. The van der Waals surface area contributed by atoms with Gasteiger partial charge in [0.1, 0.15) is 11.6 Å². The molecule has 36 heavy (non-hydrogen) atoms. The van der Waals surface area contributed by atoms with Gasteiger partial charge in [0.15, 0.2) is 0 Å². The molecule has 0 aliphatic heterocycles. The van der Waals surface area contributed by atoms with Crippen molar-refractivity contribution in [3.63, 3.8) is 0 Å². The molecule has 1 aromatic rings. The molecule has 0 spiro atoms. The van der Waals surface area contributed by atoms with Crippen LogP contribution in [0.25, 0.3) is 0 Å². The summed E-state index contributed by atoms with van der Waals surface area (Å²) in [5, 5.41) is 3.14. The van der Waals surface area contributed by atoms with Crippen LogP contribution in [-0.2, 0) is 32.0 Å². The van der Waals surface area contributed by atoms with Crippen molar-refractivity contribution in [1.29, 1.82) is 0 Å². The second-order valence-electron chi connectivity index (χ2n) is 11.6. The number of hydrogen-bond acceptors (Lipinski definition) is 5. The minimum absolute atomic E-state index is 0.0529. The standard InChI is InChI=1S/C29H45N3O4/c1-11-36-26(34)20(4)16-23(19(2)3)32(10)25(33)24(28(5,6)7)30-27(35)29(31(8)9)17-21-14-12-13-15-22(21)18-29/h12-16,19,23-24H,11,17-18H2,1-10H3,(H,30,35)/b20-16+/t23-,24-/m1/s1. The Morgan fingerprint density at radius 1 is 1.08 bits per heavy atom. The van der Waals surface area contributed by atoms with E-state index in [4.69, 9.17) is 4.74 Å². The second-order valence-corrected chi connectivity index (χ2v) is 11.6. The minimum atomic E-state index is -0.760. The predicted molar refractivity (Wildman–Crippen MR) is 143 cm³/mol. The summed E-state index contributed by atoms with van der Waals surface area (Å²) in [6, 6.07) is 7.06. The molecule has 7 nitrogen and oxygen atoms in total. The molecule has 0 radical (unpaired) electrons. The first-order valence-corrected chi connectivity index (χ1v) is 12.8. The molecule has 2 amide bonds. The van der Waals surface area contributed by atoms with Crippen molar-refractivity contribution in [3.8, 4) is 0 Å². The summed E-state index contributed by atoms with van der Waals surface area (Å²) in [5.74, 6) is -0.674. The van der Waals surface area contributed by atoms with Gasteiger partial charge in [0.2, 0.25) is 11.8 Å². The zero-order chi connectivity index (χ0) is 27.4. The number of nitrogens with zero attached hydrogens (tertiary/aromatic N) is 2. The lowest BCUT2D eigenvalue weighted by atomic mass is 9.83. The van der Waals surface area contributed by atoms with Crippen molar-refractivity contribution in [2.24, 2.45) is 11.3 Å². The van der Waals surface area contributed by atoms with Crippen molar-refractivity contribution < 1.29 is 19.1 Å². The van der Waals surface area contributed by atoms with Gasteiger partial charge in [-0.15, -0.1) is 0 Å². The highest BCUT2D eigenvalue weighted by Crippen LogP contribution is 2.34.